The maximum atomic E-state index is 7.23. The van der Waals surface area contributed by atoms with Gasteiger partial charge in [0.2, 0.25) is 0 Å². The van der Waals surface area contributed by atoms with Gasteiger partial charge in [-0.05, 0) is 41.7 Å². The van der Waals surface area contributed by atoms with E-state index in [0.717, 1.165) is 27.8 Å². The molecule has 2 fully saturated rings. The summed E-state index contributed by atoms with van der Waals surface area (Å²) in [6, 6.07) is 50.8. The molecule has 0 N–H and O–H groups in total. The third kappa shape index (κ3) is 11.5. The molecule has 8 nitrogen and oxygen atoms in total. The van der Waals surface area contributed by atoms with Gasteiger partial charge in [0.1, 0.15) is 30.5 Å². The van der Waals surface area contributed by atoms with E-state index in [-0.39, 0.29) is 36.9 Å². The van der Waals surface area contributed by atoms with Crippen molar-refractivity contribution >= 4 is 0 Å². The Balaban J connectivity index is 1.23. The molecule has 0 bridgehead atoms. The smallest absolute Gasteiger partial charge is 0.187 e. The molecule has 5 aromatic carbocycles. The summed E-state index contributed by atoms with van der Waals surface area (Å²) in [5.74, 6) is -0.0242. The van der Waals surface area contributed by atoms with Gasteiger partial charge in [-0.25, -0.2) is 0 Å². The van der Waals surface area contributed by atoms with Crippen molar-refractivity contribution in [2.24, 2.45) is 5.92 Å². The highest BCUT2D eigenvalue weighted by atomic mass is 16.7. The Morgan fingerprint density at radius 2 is 0.772 bits per heavy atom. The van der Waals surface area contributed by atoms with Gasteiger partial charge in [-0.2, -0.15) is 0 Å². The van der Waals surface area contributed by atoms with Crippen LogP contribution < -0.4 is 0 Å². The summed E-state index contributed by atoms with van der Waals surface area (Å²) in [6.45, 7) is 8.41. The molecule has 2 heterocycles. The summed E-state index contributed by atoms with van der Waals surface area (Å²) in [5.41, 5.74) is 5.26. The highest BCUT2D eigenvalue weighted by Gasteiger charge is 2.52. The highest BCUT2D eigenvalue weighted by Crippen LogP contribution is 2.37. The normalized spacial score (nSPS) is 27.6. The van der Waals surface area contributed by atoms with Crippen molar-refractivity contribution in [2.45, 2.75) is 109 Å². The average Bonchev–Trinajstić information content (AvgIpc) is 3.25. The van der Waals surface area contributed by atoms with Gasteiger partial charge >= 0.3 is 0 Å². The lowest BCUT2D eigenvalue weighted by Crippen LogP contribution is -2.64. The largest absolute Gasteiger partial charge is 0.374 e. The second-order valence-electron chi connectivity index (χ2n) is 15.1. The van der Waals surface area contributed by atoms with Crippen molar-refractivity contribution in [1.82, 2.24) is 0 Å². The molecular weight excluding hydrogens is 717 g/mol. The van der Waals surface area contributed by atoms with E-state index in [1.165, 1.54) is 0 Å². The Bertz CT molecular complexity index is 1850. The van der Waals surface area contributed by atoms with Gasteiger partial charge in [-0.1, -0.05) is 159 Å². The Morgan fingerprint density at radius 3 is 1.23 bits per heavy atom. The van der Waals surface area contributed by atoms with Crippen LogP contribution in [0.4, 0.5) is 0 Å². The zero-order chi connectivity index (χ0) is 39.2. The molecule has 5 aromatic rings. The predicted octanol–water partition coefficient (Wildman–Crippen LogP) is 9.10. The lowest BCUT2D eigenvalue weighted by atomic mass is 9.88. The van der Waals surface area contributed by atoms with Crippen molar-refractivity contribution in [3.05, 3.63) is 179 Å². The first-order valence-electron chi connectivity index (χ1n) is 20.2. The fourth-order valence-electron chi connectivity index (χ4n) is 7.58. The third-order valence-corrected chi connectivity index (χ3v) is 10.9. The van der Waals surface area contributed by atoms with E-state index in [1.807, 2.05) is 91.0 Å². The van der Waals surface area contributed by atoms with Gasteiger partial charge in [0.15, 0.2) is 6.29 Å². The van der Waals surface area contributed by atoms with Crippen LogP contribution in [0.25, 0.3) is 0 Å². The minimum absolute atomic E-state index is 0.0242. The van der Waals surface area contributed by atoms with Crippen molar-refractivity contribution < 1.29 is 37.9 Å². The van der Waals surface area contributed by atoms with Gasteiger partial charge in [0.25, 0.3) is 0 Å². The van der Waals surface area contributed by atoms with E-state index in [0.29, 0.717) is 33.0 Å². The Kier molecular flexibility index (Phi) is 15.1. The van der Waals surface area contributed by atoms with Crippen LogP contribution in [0, 0.1) is 5.92 Å². The number of ether oxygens (including phenoxy) is 8. The summed E-state index contributed by atoms with van der Waals surface area (Å²) in [4.78, 5) is 0. The summed E-state index contributed by atoms with van der Waals surface area (Å²) < 4.78 is 54.6. The fraction of sp³-hybridized carbons (Fsp3) is 0.388. The van der Waals surface area contributed by atoms with Gasteiger partial charge in [-0.3, -0.25) is 0 Å². The van der Waals surface area contributed by atoms with Crippen LogP contribution in [0.1, 0.15) is 48.6 Å². The number of benzene rings is 5. The van der Waals surface area contributed by atoms with E-state index in [9.17, 15) is 0 Å². The molecule has 2 saturated heterocycles. The molecule has 0 amide bonds. The number of hydrogen-bond acceptors (Lipinski definition) is 8. The van der Waals surface area contributed by atoms with Crippen LogP contribution >= 0.6 is 0 Å². The molecule has 0 aromatic heterocycles. The Labute approximate surface area is 337 Å². The first-order chi connectivity index (χ1) is 28.0. The minimum atomic E-state index is -0.857. The summed E-state index contributed by atoms with van der Waals surface area (Å²) in [5, 5.41) is 0. The molecule has 0 spiro atoms. The second kappa shape index (κ2) is 21.0. The molecule has 8 heteroatoms. The summed E-state index contributed by atoms with van der Waals surface area (Å²) >= 11 is 0. The average molecular weight is 773 g/mol. The molecular formula is C49H56O8. The summed E-state index contributed by atoms with van der Waals surface area (Å²) in [6.07, 6.45) is -4.34. The lowest BCUT2D eigenvalue weighted by Gasteiger charge is -2.49. The maximum absolute atomic E-state index is 7.23. The Morgan fingerprint density at radius 1 is 0.386 bits per heavy atom. The van der Waals surface area contributed by atoms with E-state index >= 15 is 0 Å². The van der Waals surface area contributed by atoms with Gasteiger partial charge < -0.3 is 37.9 Å². The first-order valence-corrected chi connectivity index (χ1v) is 20.2. The molecule has 0 saturated carbocycles. The maximum Gasteiger partial charge on any atom is 0.187 e. The van der Waals surface area contributed by atoms with E-state index in [4.69, 9.17) is 37.9 Å². The van der Waals surface area contributed by atoms with Gasteiger partial charge in [-0.15, -0.1) is 0 Å². The monoisotopic (exact) mass is 772 g/mol. The molecule has 10 atom stereocenters. The van der Waals surface area contributed by atoms with Crippen LogP contribution in [0.2, 0.25) is 0 Å². The fourth-order valence-corrected chi connectivity index (χ4v) is 7.58. The molecule has 2 aliphatic heterocycles. The molecule has 0 aliphatic carbocycles. The van der Waals surface area contributed by atoms with Crippen molar-refractivity contribution in [2.75, 3.05) is 6.61 Å². The molecule has 0 radical (unpaired) electrons. The van der Waals surface area contributed by atoms with E-state index < -0.39 is 30.7 Å². The van der Waals surface area contributed by atoms with Crippen molar-refractivity contribution in [1.29, 1.82) is 0 Å². The first kappa shape index (κ1) is 41.0. The number of rotatable bonds is 18. The lowest BCUT2D eigenvalue weighted by molar-refractivity contribution is -0.354. The zero-order valence-corrected chi connectivity index (χ0v) is 33.2. The topological polar surface area (TPSA) is 73.8 Å². The third-order valence-electron chi connectivity index (χ3n) is 10.9. The van der Waals surface area contributed by atoms with Crippen LogP contribution in [0.3, 0.4) is 0 Å². The molecule has 5 unspecified atom stereocenters. The minimum Gasteiger partial charge on any atom is -0.374 e. The SMILES string of the molecule is CC1OC(C)[C@H](OCc2ccccc2)[C@H](O[C@H]2O[C@@H](COCc3ccccc3)[C@@H](OCc3ccccc3)C(OCc3ccccc3)C2OCc2ccccc2)C1C. The van der Waals surface area contributed by atoms with Crippen LogP contribution in [-0.2, 0) is 70.9 Å². The predicted molar refractivity (Wildman–Crippen MR) is 219 cm³/mol. The Hall–Kier alpha value is -4.22. The second-order valence-corrected chi connectivity index (χ2v) is 15.1. The molecule has 7 rings (SSSR count). The molecule has 2 aliphatic rings. The molecule has 57 heavy (non-hydrogen) atoms. The van der Waals surface area contributed by atoms with Crippen LogP contribution in [-0.4, -0.2) is 61.7 Å². The highest BCUT2D eigenvalue weighted by molar-refractivity contribution is 5.17. The van der Waals surface area contributed by atoms with E-state index in [2.05, 4.69) is 81.4 Å². The van der Waals surface area contributed by atoms with Crippen LogP contribution in [0.5, 0.6) is 0 Å². The van der Waals surface area contributed by atoms with Crippen molar-refractivity contribution in [3.8, 4) is 0 Å². The van der Waals surface area contributed by atoms with Crippen molar-refractivity contribution in [3.63, 3.8) is 0 Å². The van der Waals surface area contributed by atoms with Gasteiger partial charge in [0.05, 0.1) is 58.0 Å². The van der Waals surface area contributed by atoms with Crippen LogP contribution in [0.15, 0.2) is 152 Å². The number of hydrogen-bond donors (Lipinski definition) is 0. The quantitative estimate of drug-likeness (QED) is 0.0874. The van der Waals surface area contributed by atoms with Gasteiger partial charge in [0, 0.05) is 5.92 Å². The zero-order valence-electron chi connectivity index (χ0n) is 33.2. The molecule has 300 valence electrons. The summed E-state index contributed by atoms with van der Waals surface area (Å²) in [7, 11) is 0. The standard InChI is InChI=1S/C49H56O8/c1-35-36(2)55-37(3)45(51-30-39-21-11-5-12-22-39)44(35)57-49-48(54-33-42-27-17-8-18-28-42)47(53-32-41-25-15-7-16-26-41)46(52-31-40-23-13-6-14-24-40)43(56-49)34-50-29-38-19-9-4-10-20-38/h4-28,35-37,43-49H,29-34H2,1-3H3/t35?,36?,37?,43-,44+,45-,46+,47?,48?,49+/m0/s1. The van der Waals surface area contributed by atoms with E-state index in [1.54, 1.807) is 0 Å².